The molecule has 2 rings (SSSR count). The van der Waals surface area contributed by atoms with Crippen molar-refractivity contribution in [3.8, 4) is 0 Å². The molecule has 0 amide bonds. The van der Waals surface area contributed by atoms with Crippen LogP contribution in [0.5, 0.6) is 0 Å². The summed E-state index contributed by atoms with van der Waals surface area (Å²) in [4.78, 5) is -0.0181. The van der Waals surface area contributed by atoms with Crippen LogP contribution >= 0.6 is 0 Å². The molecule has 0 spiro atoms. The highest BCUT2D eigenvalue weighted by Gasteiger charge is 2.23. The van der Waals surface area contributed by atoms with Crippen LogP contribution in [-0.4, -0.2) is 30.9 Å². The zero-order chi connectivity index (χ0) is 13.2. The maximum atomic E-state index is 12.3. The van der Waals surface area contributed by atoms with Gasteiger partial charge in [-0.1, -0.05) is 12.1 Å². The Morgan fingerprint density at radius 1 is 1.17 bits per heavy atom. The number of para-hydroxylation sites is 1. The van der Waals surface area contributed by atoms with Crippen LogP contribution in [0, 0.1) is 0 Å². The first-order chi connectivity index (χ1) is 8.53. The molecule has 0 unspecified atom stereocenters. The molecule has 0 aliphatic rings. The van der Waals surface area contributed by atoms with Crippen molar-refractivity contribution >= 4 is 15.5 Å². The highest BCUT2D eigenvalue weighted by molar-refractivity contribution is 7.91. The second-order valence-corrected chi connectivity index (χ2v) is 5.42. The molecule has 1 aromatic heterocycles. The van der Waals surface area contributed by atoms with Crippen LogP contribution in [0.15, 0.2) is 52.5 Å². The zero-order valence-corrected chi connectivity index (χ0v) is 10.4. The van der Waals surface area contributed by atoms with E-state index in [1.165, 1.54) is 37.5 Å². The number of hydroxylamine groups is 1. The molecular weight excluding hydrogens is 254 g/mol. The fourth-order valence-electron chi connectivity index (χ4n) is 1.50. The molecule has 0 radical (unpaired) electrons. The molecule has 0 aliphatic carbocycles. The minimum atomic E-state index is -3.79. The van der Waals surface area contributed by atoms with Crippen molar-refractivity contribution in [2.24, 2.45) is 0 Å². The lowest BCUT2D eigenvalue weighted by Gasteiger charge is -2.14. The Kier molecular flexibility index (Phi) is 3.26. The number of hydrogen-bond acceptors (Lipinski definition) is 6. The Balaban J connectivity index is 2.63. The van der Waals surface area contributed by atoms with Crippen LogP contribution in [0.25, 0.3) is 0 Å². The lowest BCUT2D eigenvalue weighted by Crippen LogP contribution is -2.15. The number of hydrogen-bond donors (Lipinski definition) is 1. The van der Waals surface area contributed by atoms with Crippen LogP contribution in [0.1, 0.15) is 0 Å². The summed E-state index contributed by atoms with van der Waals surface area (Å²) in [6.45, 7) is 0. The standard InChI is InChI=1S/C11H11N3O3S/c1-14(15)9-5-2-3-6-10(9)18(16,17)11-7-4-8-12-13-11/h2-8,15H,1H3. The number of sulfone groups is 1. The topological polar surface area (TPSA) is 83.4 Å². The number of rotatable bonds is 3. The Morgan fingerprint density at radius 3 is 2.50 bits per heavy atom. The van der Waals surface area contributed by atoms with Crippen LogP contribution in [-0.2, 0) is 9.84 Å². The molecule has 0 aliphatic heterocycles. The van der Waals surface area contributed by atoms with E-state index in [9.17, 15) is 13.6 Å². The second-order valence-electron chi connectivity index (χ2n) is 3.56. The van der Waals surface area contributed by atoms with Crippen LogP contribution in [0.4, 0.5) is 5.69 Å². The van der Waals surface area contributed by atoms with E-state index < -0.39 is 9.84 Å². The van der Waals surface area contributed by atoms with E-state index in [0.29, 0.717) is 0 Å². The van der Waals surface area contributed by atoms with E-state index in [4.69, 9.17) is 0 Å². The molecule has 2 aromatic rings. The maximum Gasteiger partial charge on any atom is 0.227 e. The lowest BCUT2D eigenvalue weighted by molar-refractivity contribution is 0.277. The minimum Gasteiger partial charge on any atom is -0.289 e. The summed E-state index contributed by atoms with van der Waals surface area (Å²) in [5.74, 6) is 0. The van der Waals surface area contributed by atoms with Crippen molar-refractivity contribution in [3.05, 3.63) is 42.6 Å². The highest BCUT2D eigenvalue weighted by Crippen LogP contribution is 2.27. The van der Waals surface area contributed by atoms with Gasteiger partial charge in [-0.25, -0.2) is 8.42 Å². The van der Waals surface area contributed by atoms with E-state index in [1.54, 1.807) is 12.1 Å². The van der Waals surface area contributed by atoms with Crippen molar-refractivity contribution in [1.29, 1.82) is 0 Å². The molecule has 0 bridgehead atoms. The van der Waals surface area contributed by atoms with Crippen molar-refractivity contribution in [3.63, 3.8) is 0 Å². The summed E-state index contributed by atoms with van der Waals surface area (Å²) >= 11 is 0. The molecule has 1 N–H and O–H groups in total. The van der Waals surface area contributed by atoms with Gasteiger partial charge in [0.15, 0.2) is 5.03 Å². The lowest BCUT2D eigenvalue weighted by atomic mass is 10.3. The minimum absolute atomic E-state index is 0.0181. The Morgan fingerprint density at radius 2 is 1.89 bits per heavy atom. The second kappa shape index (κ2) is 4.71. The summed E-state index contributed by atoms with van der Waals surface area (Å²) in [6, 6.07) is 8.98. The molecule has 0 fully saturated rings. The third-order valence-corrected chi connectivity index (χ3v) is 4.02. The first kappa shape index (κ1) is 12.5. The van der Waals surface area contributed by atoms with Crippen molar-refractivity contribution < 1.29 is 13.6 Å². The average Bonchev–Trinajstić information content (AvgIpc) is 2.39. The predicted molar refractivity (Wildman–Crippen MR) is 64.1 cm³/mol. The van der Waals surface area contributed by atoms with E-state index in [-0.39, 0.29) is 15.6 Å². The Labute approximate surface area is 104 Å². The molecule has 1 aromatic carbocycles. The van der Waals surface area contributed by atoms with Gasteiger partial charge in [0.05, 0.1) is 10.6 Å². The fourth-order valence-corrected chi connectivity index (χ4v) is 2.87. The zero-order valence-electron chi connectivity index (χ0n) is 9.56. The molecule has 0 saturated carbocycles. The third kappa shape index (κ3) is 2.18. The van der Waals surface area contributed by atoms with E-state index >= 15 is 0 Å². The monoisotopic (exact) mass is 265 g/mol. The normalized spacial score (nSPS) is 11.2. The van der Waals surface area contributed by atoms with Gasteiger partial charge in [0.1, 0.15) is 0 Å². The Bertz CT molecular complexity index is 642. The molecule has 0 saturated heterocycles. The summed E-state index contributed by atoms with van der Waals surface area (Å²) in [7, 11) is -2.44. The molecule has 0 atom stereocenters. The summed E-state index contributed by atoms with van der Waals surface area (Å²) in [6.07, 6.45) is 1.39. The van der Waals surface area contributed by atoms with Gasteiger partial charge in [-0.3, -0.25) is 10.3 Å². The summed E-state index contributed by atoms with van der Waals surface area (Å²) in [5, 5.41) is 17.2. The number of nitrogens with zero attached hydrogens (tertiary/aromatic N) is 3. The Hall–Kier alpha value is -1.99. The molecule has 94 valence electrons. The van der Waals surface area contributed by atoms with E-state index in [1.807, 2.05) is 0 Å². The molecular formula is C11H11N3O3S. The molecule has 6 nitrogen and oxygen atoms in total. The quantitative estimate of drug-likeness (QED) is 0.838. The SMILES string of the molecule is CN(O)c1ccccc1S(=O)(=O)c1cccnn1. The van der Waals surface area contributed by atoms with Crippen molar-refractivity contribution in [2.75, 3.05) is 12.1 Å². The molecule has 7 heteroatoms. The third-order valence-electron chi connectivity index (χ3n) is 2.33. The predicted octanol–water partition coefficient (Wildman–Crippen LogP) is 1.13. The number of benzene rings is 1. The number of aromatic nitrogens is 2. The van der Waals surface area contributed by atoms with Gasteiger partial charge in [0.2, 0.25) is 9.84 Å². The molecule has 18 heavy (non-hydrogen) atoms. The van der Waals surface area contributed by atoms with Crippen molar-refractivity contribution in [2.45, 2.75) is 9.92 Å². The van der Waals surface area contributed by atoms with Gasteiger partial charge in [-0.15, -0.1) is 5.10 Å². The van der Waals surface area contributed by atoms with Gasteiger partial charge < -0.3 is 0 Å². The van der Waals surface area contributed by atoms with E-state index in [2.05, 4.69) is 10.2 Å². The van der Waals surface area contributed by atoms with Gasteiger partial charge in [0.25, 0.3) is 0 Å². The van der Waals surface area contributed by atoms with E-state index in [0.717, 1.165) is 5.06 Å². The van der Waals surface area contributed by atoms with Crippen LogP contribution in [0.2, 0.25) is 0 Å². The molecule has 1 heterocycles. The summed E-state index contributed by atoms with van der Waals surface area (Å²) in [5.41, 5.74) is 0.183. The first-order valence-electron chi connectivity index (χ1n) is 5.08. The van der Waals surface area contributed by atoms with Gasteiger partial charge in [-0.05, 0) is 24.3 Å². The van der Waals surface area contributed by atoms with Gasteiger partial charge in [-0.2, -0.15) is 5.10 Å². The smallest absolute Gasteiger partial charge is 0.227 e. The first-order valence-corrected chi connectivity index (χ1v) is 6.56. The fraction of sp³-hybridized carbons (Fsp3) is 0.0909. The van der Waals surface area contributed by atoms with Gasteiger partial charge >= 0.3 is 0 Å². The average molecular weight is 265 g/mol. The number of anilines is 1. The van der Waals surface area contributed by atoms with Crippen LogP contribution < -0.4 is 5.06 Å². The highest BCUT2D eigenvalue weighted by atomic mass is 32.2. The van der Waals surface area contributed by atoms with Crippen molar-refractivity contribution in [1.82, 2.24) is 10.2 Å². The largest absolute Gasteiger partial charge is 0.289 e. The summed E-state index contributed by atoms with van der Waals surface area (Å²) < 4.78 is 24.6. The van der Waals surface area contributed by atoms with Gasteiger partial charge in [0, 0.05) is 13.2 Å². The maximum absolute atomic E-state index is 12.3. The van der Waals surface area contributed by atoms with Crippen LogP contribution in [0.3, 0.4) is 0 Å².